The molecule has 0 aromatic rings. The van der Waals surface area contributed by atoms with Gasteiger partial charge >= 0.3 is 11.9 Å². The van der Waals surface area contributed by atoms with Gasteiger partial charge in [-0.1, -0.05) is 53.2 Å². The zero-order valence-corrected chi connectivity index (χ0v) is 22.6. The highest BCUT2D eigenvalue weighted by Gasteiger charge is 2.73. The van der Waals surface area contributed by atoms with Gasteiger partial charge in [0.1, 0.15) is 0 Å². The second-order valence-corrected chi connectivity index (χ2v) is 14.4. The van der Waals surface area contributed by atoms with Crippen molar-refractivity contribution >= 4 is 11.9 Å². The smallest absolute Gasteiger partial charge is 0.314 e. The number of aliphatic hydroxyl groups is 1. The number of carbonyl (C=O) groups is 2. The van der Waals surface area contributed by atoms with Gasteiger partial charge in [-0.3, -0.25) is 9.59 Å². The average molecular weight is 487 g/mol. The Labute approximate surface area is 210 Å². The first-order chi connectivity index (χ1) is 16.2. The van der Waals surface area contributed by atoms with Crippen LogP contribution in [0, 0.1) is 56.7 Å². The molecule has 0 bridgehead atoms. The van der Waals surface area contributed by atoms with Crippen LogP contribution in [0.15, 0.2) is 11.6 Å². The Morgan fingerprint density at radius 3 is 2.17 bits per heavy atom. The molecule has 0 heterocycles. The number of fused-ring (bicyclic) bond motifs is 7. The molecule has 5 heteroatoms. The molecule has 4 fully saturated rings. The van der Waals surface area contributed by atoms with Gasteiger partial charge in [0.15, 0.2) is 0 Å². The third kappa shape index (κ3) is 2.85. The highest BCUT2D eigenvalue weighted by atomic mass is 16.4. The van der Waals surface area contributed by atoms with Crippen LogP contribution in [0.3, 0.4) is 0 Å². The molecular weight excluding hydrogens is 440 g/mol. The quantitative estimate of drug-likeness (QED) is 0.407. The monoisotopic (exact) mass is 486 g/mol. The standard InChI is InChI=1S/C30H46O5/c1-17-9-14-29(24(32)33)15-16-30(25(34)35)19(23(29)18(17)2)7-8-21-27(5)12-11-22(31)26(3,4)20(27)10-13-28(21,30)6/h7,17-18,20-23,31H,8-16H2,1-6H3,(H,32,33)(H,34,35). The zero-order chi connectivity index (χ0) is 25.8. The van der Waals surface area contributed by atoms with Gasteiger partial charge < -0.3 is 15.3 Å². The molecule has 0 aromatic heterocycles. The SMILES string of the molecule is CC1CCC2(C(=O)O)CCC3(C(=O)O)C(=CCC4C5(C)CCC(O)C(C)(C)C5CCC43C)C2C1C. The number of rotatable bonds is 2. The lowest BCUT2D eigenvalue weighted by Crippen LogP contribution is -2.67. The highest BCUT2D eigenvalue weighted by Crippen LogP contribution is 2.75. The molecule has 3 N–H and O–H groups in total. The Kier molecular flexibility index (Phi) is 5.48. The zero-order valence-electron chi connectivity index (χ0n) is 22.6. The van der Waals surface area contributed by atoms with Crippen LogP contribution in [0.4, 0.5) is 0 Å². The molecule has 0 spiro atoms. The van der Waals surface area contributed by atoms with Gasteiger partial charge in [0.25, 0.3) is 0 Å². The summed E-state index contributed by atoms with van der Waals surface area (Å²) in [6.45, 7) is 13.4. The van der Waals surface area contributed by atoms with Crippen LogP contribution in [-0.2, 0) is 9.59 Å². The van der Waals surface area contributed by atoms with Crippen LogP contribution in [0.5, 0.6) is 0 Å². The molecule has 35 heavy (non-hydrogen) atoms. The number of allylic oxidation sites excluding steroid dienone is 1. The number of carboxylic acids is 2. The molecule has 0 radical (unpaired) electrons. The average Bonchev–Trinajstić information content (AvgIpc) is 2.78. The highest BCUT2D eigenvalue weighted by molar-refractivity contribution is 5.84. The summed E-state index contributed by atoms with van der Waals surface area (Å²) in [6, 6.07) is 0. The van der Waals surface area contributed by atoms with Crippen molar-refractivity contribution in [3.8, 4) is 0 Å². The van der Waals surface area contributed by atoms with E-state index in [4.69, 9.17) is 0 Å². The van der Waals surface area contributed by atoms with Gasteiger partial charge in [0.2, 0.25) is 0 Å². The van der Waals surface area contributed by atoms with E-state index in [0.29, 0.717) is 31.1 Å². The van der Waals surface area contributed by atoms with Gasteiger partial charge in [-0.25, -0.2) is 0 Å². The lowest BCUT2D eigenvalue weighted by molar-refractivity contribution is -0.216. The van der Waals surface area contributed by atoms with Crippen molar-refractivity contribution in [3.05, 3.63) is 11.6 Å². The summed E-state index contributed by atoms with van der Waals surface area (Å²) >= 11 is 0. The Bertz CT molecular complexity index is 968. The first kappa shape index (κ1) is 25.3. The van der Waals surface area contributed by atoms with Crippen LogP contribution in [-0.4, -0.2) is 33.4 Å². The lowest BCUT2D eigenvalue weighted by Gasteiger charge is -2.70. The maximum Gasteiger partial charge on any atom is 0.314 e. The fourth-order valence-corrected chi connectivity index (χ4v) is 11.0. The third-order valence-corrected chi connectivity index (χ3v) is 13.2. The molecule has 5 aliphatic carbocycles. The fourth-order valence-electron chi connectivity index (χ4n) is 11.0. The normalized spacial score (nSPS) is 52.7. The summed E-state index contributed by atoms with van der Waals surface area (Å²) in [5.74, 6) is -0.563. The van der Waals surface area contributed by atoms with Crippen LogP contribution < -0.4 is 0 Å². The molecule has 0 amide bonds. The van der Waals surface area contributed by atoms with Crippen molar-refractivity contribution in [1.82, 2.24) is 0 Å². The van der Waals surface area contributed by atoms with Gasteiger partial charge in [-0.15, -0.1) is 0 Å². The molecule has 5 nitrogen and oxygen atoms in total. The summed E-state index contributed by atoms with van der Waals surface area (Å²) in [6.07, 6.45) is 8.62. The van der Waals surface area contributed by atoms with Gasteiger partial charge in [-0.2, -0.15) is 0 Å². The topological polar surface area (TPSA) is 94.8 Å². The van der Waals surface area contributed by atoms with E-state index in [-0.39, 0.29) is 34.7 Å². The summed E-state index contributed by atoms with van der Waals surface area (Å²) in [5, 5.41) is 32.5. The molecule has 10 atom stereocenters. The van der Waals surface area contributed by atoms with E-state index in [1.807, 2.05) is 0 Å². The number of hydrogen-bond donors (Lipinski definition) is 3. The summed E-state index contributed by atoms with van der Waals surface area (Å²) in [4.78, 5) is 26.3. The number of aliphatic hydroxyl groups excluding tert-OH is 1. The molecule has 0 aliphatic heterocycles. The maximum absolute atomic E-state index is 13.5. The second-order valence-electron chi connectivity index (χ2n) is 14.4. The molecule has 10 unspecified atom stereocenters. The fraction of sp³-hybridized carbons (Fsp3) is 0.867. The molecule has 5 aliphatic rings. The van der Waals surface area contributed by atoms with Gasteiger partial charge in [0.05, 0.1) is 16.9 Å². The molecule has 5 rings (SSSR count). The van der Waals surface area contributed by atoms with E-state index < -0.39 is 28.2 Å². The van der Waals surface area contributed by atoms with Crippen molar-refractivity contribution in [2.75, 3.05) is 0 Å². The Morgan fingerprint density at radius 2 is 1.54 bits per heavy atom. The number of carboxylic acid groups (broad SMARTS) is 2. The second kappa shape index (κ2) is 7.58. The van der Waals surface area contributed by atoms with Gasteiger partial charge in [-0.05, 0) is 104 Å². The first-order valence-electron chi connectivity index (χ1n) is 14.1. The first-order valence-corrected chi connectivity index (χ1v) is 14.1. The number of hydrogen-bond acceptors (Lipinski definition) is 3. The maximum atomic E-state index is 13.5. The van der Waals surface area contributed by atoms with E-state index in [2.05, 4.69) is 47.6 Å². The predicted molar refractivity (Wildman–Crippen MR) is 135 cm³/mol. The van der Waals surface area contributed by atoms with E-state index in [0.717, 1.165) is 44.1 Å². The summed E-state index contributed by atoms with van der Waals surface area (Å²) in [7, 11) is 0. The van der Waals surface area contributed by atoms with Crippen molar-refractivity contribution in [2.45, 2.75) is 105 Å². The van der Waals surface area contributed by atoms with Crippen LogP contribution in [0.1, 0.15) is 99.3 Å². The Hall–Kier alpha value is -1.36. The minimum Gasteiger partial charge on any atom is -0.481 e. The van der Waals surface area contributed by atoms with Crippen LogP contribution in [0.2, 0.25) is 0 Å². The third-order valence-electron chi connectivity index (χ3n) is 13.2. The molecule has 4 saturated carbocycles. The summed E-state index contributed by atoms with van der Waals surface area (Å²) < 4.78 is 0. The minimum atomic E-state index is -1.00. The minimum absolute atomic E-state index is 0.0347. The summed E-state index contributed by atoms with van der Waals surface area (Å²) in [5.41, 5.74) is -1.53. The van der Waals surface area contributed by atoms with E-state index in [1.165, 1.54) is 0 Å². The van der Waals surface area contributed by atoms with E-state index in [9.17, 15) is 24.9 Å². The van der Waals surface area contributed by atoms with Crippen molar-refractivity contribution in [1.29, 1.82) is 0 Å². The van der Waals surface area contributed by atoms with Crippen LogP contribution in [0.25, 0.3) is 0 Å². The lowest BCUT2D eigenvalue weighted by atomic mass is 9.33. The molecule has 196 valence electrons. The molecule has 0 saturated heterocycles. The van der Waals surface area contributed by atoms with Crippen LogP contribution >= 0.6 is 0 Å². The van der Waals surface area contributed by atoms with Crippen molar-refractivity contribution < 1.29 is 24.9 Å². The Balaban J connectivity index is 1.68. The number of aliphatic carboxylic acids is 2. The predicted octanol–water partition coefficient (Wildman–Crippen LogP) is 6.15. The molecule has 0 aromatic carbocycles. The molecular formula is C30H46O5. The Morgan fingerprint density at radius 1 is 0.857 bits per heavy atom. The van der Waals surface area contributed by atoms with Gasteiger partial charge in [0, 0.05) is 0 Å². The van der Waals surface area contributed by atoms with Crippen molar-refractivity contribution in [2.24, 2.45) is 56.7 Å². The van der Waals surface area contributed by atoms with E-state index in [1.54, 1.807) is 0 Å². The largest absolute Gasteiger partial charge is 0.481 e. The van der Waals surface area contributed by atoms with Crippen molar-refractivity contribution in [3.63, 3.8) is 0 Å². The van der Waals surface area contributed by atoms with E-state index >= 15 is 0 Å².